The second-order valence-corrected chi connectivity index (χ2v) is 6.86. The molecule has 124 valence electrons. The molecule has 0 radical (unpaired) electrons. The minimum absolute atomic E-state index is 0.671. The topological polar surface area (TPSA) is 216 Å². The van der Waals surface area contributed by atoms with Crippen LogP contribution in [0.4, 0.5) is 0 Å². The van der Waals surface area contributed by atoms with Gasteiger partial charge in [0.05, 0.1) is 6.61 Å². The summed E-state index contributed by atoms with van der Waals surface area (Å²) in [7, 11) is -9.24. The standard InChI is InChI=1S/C6H8O6.CH4O6S2/c7-1-2(8)5-3(9)4(10)6(11)12-5;2-8(3,4)1-9(5,6)7/h2,5,7-10H,1H2;1H2,(H,2,3,4)(H,5,6,7)/t2-,5+;/m0./s1. The van der Waals surface area contributed by atoms with Crippen LogP contribution in [0.15, 0.2) is 11.5 Å². The summed E-state index contributed by atoms with van der Waals surface area (Å²) in [5, 5.41) is 33.4. The third-order valence-electron chi connectivity index (χ3n) is 1.77. The zero-order valence-electron chi connectivity index (χ0n) is 10.0. The third kappa shape index (κ3) is 7.21. The van der Waals surface area contributed by atoms with E-state index in [0.29, 0.717) is 0 Å². The van der Waals surface area contributed by atoms with Crippen molar-refractivity contribution in [2.45, 2.75) is 12.2 Å². The number of aliphatic hydroxyl groups is 4. The average Bonchev–Trinajstić information content (AvgIpc) is 2.52. The molecule has 0 bridgehead atoms. The summed E-state index contributed by atoms with van der Waals surface area (Å²) in [6, 6.07) is 0. The molecule has 0 saturated heterocycles. The fourth-order valence-electron chi connectivity index (χ4n) is 1.01. The third-order valence-corrected chi connectivity index (χ3v) is 4.16. The second kappa shape index (κ2) is 7.01. The van der Waals surface area contributed by atoms with Crippen LogP contribution in [0.1, 0.15) is 0 Å². The van der Waals surface area contributed by atoms with Crippen molar-refractivity contribution < 1.29 is 55.9 Å². The molecule has 0 aliphatic carbocycles. The molecule has 0 spiro atoms. The quantitative estimate of drug-likeness (QED) is 0.225. The molecule has 0 aromatic heterocycles. The first-order valence-electron chi connectivity index (χ1n) is 4.81. The van der Waals surface area contributed by atoms with E-state index >= 15 is 0 Å². The molecule has 0 unspecified atom stereocenters. The zero-order chi connectivity index (χ0) is 17.0. The molecule has 0 saturated carbocycles. The molecular weight excluding hydrogens is 340 g/mol. The monoisotopic (exact) mass is 352 g/mol. The largest absolute Gasteiger partial charge is 0.505 e. The number of carbonyl (C=O) groups excluding carboxylic acids is 1. The lowest BCUT2D eigenvalue weighted by Gasteiger charge is -2.13. The highest BCUT2D eigenvalue weighted by Gasteiger charge is 2.38. The molecule has 1 rings (SSSR count). The average molecular weight is 352 g/mol. The fourth-order valence-corrected chi connectivity index (χ4v) is 2.52. The number of hydrogen-bond acceptors (Lipinski definition) is 10. The molecule has 0 aromatic rings. The highest BCUT2D eigenvalue weighted by Crippen LogP contribution is 2.20. The highest BCUT2D eigenvalue weighted by atomic mass is 32.3. The summed E-state index contributed by atoms with van der Waals surface area (Å²) in [5.41, 5.74) is 0. The van der Waals surface area contributed by atoms with Gasteiger partial charge in [-0.1, -0.05) is 0 Å². The Kier molecular flexibility index (Phi) is 6.53. The summed E-state index contributed by atoms with van der Waals surface area (Å²) in [5.74, 6) is -2.78. The Balaban J connectivity index is 0.000000400. The Bertz CT molecular complexity index is 584. The molecule has 21 heavy (non-hydrogen) atoms. The molecule has 0 amide bonds. The van der Waals surface area contributed by atoms with Gasteiger partial charge in [0.25, 0.3) is 20.2 Å². The van der Waals surface area contributed by atoms with Gasteiger partial charge in [-0.05, 0) is 0 Å². The highest BCUT2D eigenvalue weighted by molar-refractivity contribution is 8.02. The summed E-state index contributed by atoms with van der Waals surface area (Å²) in [4.78, 5) is 10.5. The predicted octanol–water partition coefficient (Wildman–Crippen LogP) is -2.69. The van der Waals surface area contributed by atoms with E-state index in [9.17, 15) is 21.6 Å². The maximum atomic E-state index is 10.5. The molecular formula is C7H12O12S2. The van der Waals surface area contributed by atoms with Crippen LogP contribution in [0, 0.1) is 0 Å². The van der Waals surface area contributed by atoms with Gasteiger partial charge in [0, 0.05) is 0 Å². The number of cyclic esters (lactones) is 1. The molecule has 1 aliphatic heterocycles. The molecule has 1 heterocycles. The molecule has 14 heteroatoms. The van der Waals surface area contributed by atoms with E-state index in [1.807, 2.05) is 0 Å². The van der Waals surface area contributed by atoms with Crippen molar-refractivity contribution in [3.63, 3.8) is 0 Å². The van der Waals surface area contributed by atoms with Crippen molar-refractivity contribution in [3.8, 4) is 0 Å². The lowest BCUT2D eigenvalue weighted by Crippen LogP contribution is -2.31. The Morgan fingerprint density at radius 3 is 1.71 bits per heavy atom. The van der Waals surface area contributed by atoms with Crippen LogP contribution in [-0.2, 0) is 29.8 Å². The van der Waals surface area contributed by atoms with E-state index < -0.39 is 61.6 Å². The Hall–Kier alpha value is -1.45. The number of hydrogen-bond donors (Lipinski definition) is 6. The van der Waals surface area contributed by atoms with Crippen molar-refractivity contribution >= 4 is 26.2 Å². The van der Waals surface area contributed by atoms with Crippen LogP contribution in [-0.4, -0.2) is 76.2 Å². The van der Waals surface area contributed by atoms with Gasteiger partial charge in [0.2, 0.25) is 10.8 Å². The second-order valence-electron chi connectivity index (χ2n) is 3.59. The molecule has 6 N–H and O–H groups in total. The number of ether oxygens (including phenoxy) is 1. The van der Waals surface area contributed by atoms with E-state index in [-0.39, 0.29) is 0 Å². The minimum Gasteiger partial charge on any atom is -0.505 e. The zero-order valence-corrected chi connectivity index (χ0v) is 11.7. The first kappa shape index (κ1) is 19.6. The van der Waals surface area contributed by atoms with Gasteiger partial charge >= 0.3 is 5.97 Å². The number of esters is 1. The number of aliphatic hydroxyl groups excluding tert-OH is 4. The van der Waals surface area contributed by atoms with Gasteiger partial charge in [-0.2, -0.15) is 16.8 Å². The van der Waals surface area contributed by atoms with Crippen LogP contribution in [0.25, 0.3) is 0 Å². The van der Waals surface area contributed by atoms with Crippen LogP contribution in [0.2, 0.25) is 0 Å². The van der Waals surface area contributed by atoms with Crippen molar-refractivity contribution in [3.05, 3.63) is 11.5 Å². The first-order chi connectivity index (χ1) is 9.28. The molecule has 1 aliphatic rings. The van der Waals surface area contributed by atoms with Gasteiger partial charge in [0.15, 0.2) is 11.9 Å². The lowest BCUT2D eigenvalue weighted by atomic mass is 10.2. The molecule has 0 aromatic carbocycles. The molecule has 0 fully saturated rings. The maximum absolute atomic E-state index is 10.5. The minimum atomic E-state index is -4.62. The molecule has 2 atom stereocenters. The van der Waals surface area contributed by atoms with Crippen molar-refractivity contribution in [2.75, 3.05) is 11.7 Å². The van der Waals surface area contributed by atoms with Crippen molar-refractivity contribution in [1.29, 1.82) is 0 Å². The summed E-state index contributed by atoms with van der Waals surface area (Å²) in [6.45, 7) is -0.671. The van der Waals surface area contributed by atoms with E-state index in [2.05, 4.69) is 4.74 Å². The van der Waals surface area contributed by atoms with Crippen LogP contribution in [0.5, 0.6) is 0 Å². The fraction of sp³-hybridized carbons (Fsp3) is 0.571. The van der Waals surface area contributed by atoms with E-state index in [4.69, 9.17) is 29.5 Å². The van der Waals surface area contributed by atoms with Crippen molar-refractivity contribution in [1.82, 2.24) is 0 Å². The first-order valence-corrected chi connectivity index (χ1v) is 8.02. The predicted molar refractivity (Wildman–Crippen MR) is 63.2 cm³/mol. The van der Waals surface area contributed by atoms with Crippen LogP contribution >= 0.6 is 0 Å². The van der Waals surface area contributed by atoms with E-state index in [1.54, 1.807) is 0 Å². The van der Waals surface area contributed by atoms with Gasteiger partial charge < -0.3 is 25.2 Å². The smallest absolute Gasteiger partial charge is 0.377 e. The van der Waals surface area contributed by atoms with Gasteiger partial charge in [0.1, 0.15) is 6.10 Å². The van der Waals surface area contributed by atoms with E-state index in [1.165, 1.54) is 0 Å². The Morgan fingerprint density at radius 2 is 1.52 bits per heavy atom. The maximum Gasteiger partial charge on any atom is 0.377 e. The summed E-state index contributed by atoms with van der Waals surface area (Å²) >= 11 is 0. The van der Waals surface area contributed by atoms with Gasteiger partial charge in [-0.25, -0.2) is 4.79 Å². The summed E-state index contributed by atoms with van der Waals surface area (Å²) < 4.78 is 58.5. The van der Waals surface area contributed by atoms with Gasteiger partial charge in [-0.15, -0.1) is 0 Å². The normalized spacial score (nSPS) is 20.6. The van der Waals surface area contributed by atoms with Gasteiger partial charge in [-0.3, -0.25) is 9.11 Å². The Morgan fingerprint density at radius 1 is 1.10 bits per heavy atom. The summed E-state index contributed by atoms with van der Waals surface area (Å²) in [6.07, 6.45) is -2.78. The number of carbonyl (C=O) groups is 1. The molecule has 12 nitrogen and oxygen atoms in total. The Labute approximate surface area is 118 Å². The van der Waals surface area contributed by atoms with Crippen molar-refractivity contribution in [2.24, 2.45) is 0 Å². The van der Waals surface area contributed by atoms with Crippen LogP contribution in [0.3, 0.4) is 0 Å². The number of rotatable bonds is 4. The van der Waals surface area contributed by atoms with E-state index in [0.717, 1.165) is 0 Å². The SMILES string of the molecule is O=C1O[C@H]([C@@H](O)CO)C(O)=C1O.O=S(=O)(O)CS(=O)(=O)O. The lowest BCUT2D eigenvalue weighted by molar-refractivity contribution is -0.147. The van der Waals surface area contributed by atoms with Crippen LogP contribution < -0.4 is 0 Å².